The van der Waals surface area contributed by atoms with Gasteiger partial charge in [-0.3, -0.25) is 0 Å². The average molecular weight is 277 g/mol. The molecule has 0 aromatic carbocycles. The fourth-order valence-corrected chi connectivity index (χ4v) is 2.28. The van der Waals surface area contributed by atoms with E-state index in [0.29, 0.717) is 17.6 Å². The van der Waals surface area contributed by atoms with Gasteiger partial charge >= 0.3 is 0 Å². The van der Waals surface area contributed by atoms with Gasteiger partial charge in [0.25, 0.3) is 0 Å². The van der Waals surface area contributed by atoms with Crippen molar-refractivity contribution in [3.05, 3.63) is 11.4 Å². The Morgan fingerprint density at radius 1 is 1.25 bits per heavy atom. The van der Waals surface area contributed by atoms with Crippen LogP contribution in [0.4, 0.5) is 5.82 Å². The smallest absolute Gasteiger partial charge is 0.222 e. The Labute approximate surface area is 122 Å². The van der Waals surface area contributed by atoms with Crippen molar-refractivity contribution in [1.29, 1.82) is 0 Å². The van der Waals surface area contributed by atoms with E-state index in [0.717, 1.165) is 17.8 Å². The number of rotatable bonds is 8. The molecular weight excluding hydrogens is 250 g/mol. The number of nitrogen functional groups attached to an aromatic ring is 1. The lowest BCUT2D eigenvalue weighted by atomic mass is 10.1. The first-order valence-corrected chi connectivity index (χ1v) is 7.92. The number of nitrogens with two attached hydrogens (primary N) is 1. The molecule has 0 amide bonds. The topological polar surface area (TPSA) is 61.0 Å². The average Bonchev–Trinajstić information content (AvgIpc) is 3.24. The third kappa shape index (κ3) is 4.09. The van der Waals surface area contributed by atoms with E-state index in [1.165, 1.54) is 38.5 Å². The zero-order chi connectivity index (χ0) is 14.5. The summed E-state index contributed by atoms with van der Waals surface area (Å²) in [6, 6.07) is 0. The van der Waals surface area contributed by atoms with Gasteiger partial charge in [0.2, 0.25) is 5.88 Å². The molecule has 4 nitrogen and oxygen atoms in total. The van der Waals surface area contributed by atoms with Crippen LogP contribution in [0.1, 0.15) is 76.1 Å². The zero-order valence-electron chi connectivity index (χ0n) is 13.0. The maximum Gasteiger partial charge on any atom is 0.222 e. The maximum absolute atomic E-state index is 5.99. The predicted molar refractivity (Wildman–Crippen MR) is 82.0 cm³/mol. The molecule has 1 fully saturated rings. The first-order chi connectivity index (χ1) is 9.61. The van der Waals surface area contributed by atoms with Gasteiger partial charge in [-0.2, -0.15) is 4.98 Å². The normalized spacial score (nSPS) is 16.1. The number of hydrogen-bond acceptors (Lipinski definition) is 4. The Bertz CT molecular complexity index is 444. The number of ether oxygens (including phenoxy) is 1. The van der Waals surface area contributed by atoms with Gasteiger partial charge in [-0.05, 0) is 39.5 Å². The Kier molecular flexibility index (Phi) is 5.21. The first kappa shape index (κ1) is 15.1. The molecule has 1 aromatic heterocycles. The number of anilines is 1. The van der Waals surface area contributed by atoms with Gasteiger partial charge < -0.3 is 10.5 Å². The van der Waals surface area contributed by atoms with Crippen LogP contribution in [0.15, 0.2) is 0 Å². The Balaban J connectivity index is 1.93. The molecule has 1 aromatic rings. The van der Waals surface area contributed by atoms with Crippen molar-refractivity contribution in [3.63, 3.8) is 0 Å². The van der Waals surface area contributed by atoms with E-state index in [1.807, 2.05) is 6.92 Å². The molecule has 1 saturated carbocycles. The van der Waals surface area contributed by atoms with Gasteiger partial charge in [-0.1, -0.05) is 26.2 Å². The van der Waals surface area contributed by atoms with Crippen molar-refractivity contribution in [2.75, 3.05) is 5.73 Å². The van der Waals surface area contributed by atoms with E-state index in [-0.39, 0.29) is 6.10 Å². The summed E-state index contributed by atoms with van der Waals surface area (Å²) in [7, 11) is 0. The fourth-order valence-electron chi connectivity index (χ4n) is 2.28. The van der Waals surface area contributed by atoms with Crippen LogP contribution < -0.4 is 10.5 Å². The van der Waals surface area contributed by atoms with Gasteiger partial charge in [0.15, 0.2) is 0 Å². The van der Waals surface area contributed by atoms with E-state index in [9.17, 15) is 0 Å². The van der Waals surface area contributed by atoms with E-state index in [4.69, 9.17) is 10.5 Å². The van der Waals surface area contributed by atoms with Crippen LogP contribution in [0.5, 0.6) is 5.88 Å². The zero-order valence-corrected chi connectivity index (χ0v) is 13.0. The second kappa shape index (κ2) is 6.91. The molecule has 0 bridgehead atoms. The van der Waals surface area contributed by atoms with Crippen LogP contribution in [0, 0.1) is 6.92 Å². The van der Waals surface area contributed by atoms with E-state index < -0.39 is 0 Å². The van der Waals surface area contributed by atoms with Crippen LogP contribution >= 0.6 is 0 Å². The molecule has 112 valence electrons. The Morgan fingerprint density at radius 2 is 2.00 bits per heavy atom. The molecule has 1 aliphatic carbocycles. The SMILES string of the molecule is CCCCCCC(C)Oc1nc(C2CC2)nc(N)c1C. The monoisotopic (exact) mass is 277 g/mol. The first-order valence-electron chi connectivity index (χ1n) is 7.92. The summed E-state index contributed by atoms with van der Waals surface area (Å²) >= 11 is 0. The molecule has 0 aliphatic heterocycles. The van der Waals surface area contributed by atoms with E-state index >= 15 is 0 Å². The third-order valence-corrected chi connectivity index (χ3v) is 3.88. The molecule has 1 unspecified atom stereocenters. The highest BCUT2D eigenvalue weighted by molar-refractivity contribution is 5.45. The van der Waals surface area contributed by atoms with Gasteiger partial charge in [0.05, 0.1) is 11.7 Å². The van der Waals surface area contributed by atoms with Crippen LogP contribution in [0.3, 0.4) is 0 Å². The number of hydrogen-bond donors (Lipinski definition) is 1. The van der Waals surface area contributed by atoms with Crippen LogP contribution in [-0.2, 0) is 0 Å². The highest BCUT2D eigenvalue weighted by atomic mass is 16.5. The molecule has 2 N–H and O–H groups in total. The summed E-state index contributed by atoms with van der Waals surface area (Å²) in [5, 5.41) is 0. The van der Waals surface area contributed by atoms with Crippen molar-refractivity contribution in [3.8, 4) is 5.88 Å². The minimum Gasteiger partial charge on any atom is -0.474 e. The largest absolute Gasteiger partial charge is 0.474 e. The lowest BCUT2D eigenvalue weighted by Crippen LogP contribution is -2.15. The fraction of sp³-hybridized carbons (Fsp3) is 0.750. The standard InChI is InChI=1S/C16H27N3O/c1-4-5-6-7-8-11(2)20-16-12(3)14(17)18-15(19-16)13-9-10-13/h11,13H,4-10H2,1-3H3,(H2,17,18,19). The summed E-state index contributed by atoms with van der Waals surface area (Å²) in [6.07, 6.45) is 8.67. The van der Waals surface area contributed by atoms with Gasteiger partial charge in [-0.25, -0.2) is 4.98 Å². The molecule has 20 heavy (non-hydrogen) atoms. The third-order valence-electron chi connectivity index (χ3n) is 3.88. The Hall–Kier alpha value is -1.32. The molecule has 0 saturated heterocycles. The number of nitrogens with zero attached hydrogens (tertiary/aromatic N) is 2. The molecule has 0 spiro atoms. The van der Waals surface area contributed by atoms with Crippen molar-refractivity contribution in [2.45, 2.75) is 77.7 Å². The number of unbranched alkanes of at least 4 members (excludes halogenated alkanes) is 3. The lowest BCUT2D eigenvalue weighted by molar-refractivity contribution is 0.196. The highest BCUT2D eigenvalue weighted by Gasteiger charge is 2.28. The van der Waals surface area contributed by atoms with Gasteiger partial charge in [0.1, 0.15) is 11.6 Å². The second-order valence-electron chi connectivity index (χ2n) is 5.95. The summed E-state index contributed by atoms with van der Waals surface area (Å²) < 4.78 is 5.99. The van der Waals surface area contributed by atoms with Crippen LogP contribution in [-0.4, -0.2) is 16.1 Å². The molecule has 1 heterocycles. The second-order valence-corrected chi connectivity index (χ2v) is 5.95. The maximum atomic E-state index is 5.99. The summed E-state index contributed by atoms with van der Waals surface area (Å²) in [4.78, 5) is 8.94. The summed E-state index contributed by atoms with van der Waals surface area (Å²) in [5.41, 5.74) is 6.84. The lowest BCUT2D eigenvalue weighted by Gasteiger charge is -2.16. The molecular formula is C16H27N3O. The summed E-state index contributed by atoms with van der Waals surface area (Å²) in [5.74, 6) is 2.61. The van der Waals surface area contributed by atoms with Gasteiger partial charge in [-0.15, -0.1) is 0 Å². The van der Waals surface area contributed by atoms with Crippen molar-refractivity contribution < 1.29 is 4.74 Å². The van der Waals surface area contributed by atoms with E-state index in [1.54, 1.807) is 0 Å². The van der Waals surface area contributed by atoms with Crippen LogP contribution in [0.25, 0.3) is 0 Å². The minimum absolute atomic E-state index is 0.187. The number of aromatic nitrogens is 2. The molecule has 2 rings (SSSR count). The predicted octanol–water partition coefficient (Wildman–Crippen LogP) is 3.98. The summed E-state index contributed by atoms with van der Waals surface area (Å²) in [6.45, 7) is 6.28. The molecule has 1 atom stereocenters. The molecule has 4 heteroatoms. The van der Waals surface area contributed by atoms with Crippen molar-refractivity contribution in [2.24, 2.45) is 0 Å². The minimum atomic E-state index is 0.187. The molecule has 1 aliphatic rings. The quantitative estimate of drug-likeness (QED) is 0.730. The molecule has 0 radical (unpaired) electrons. The van der Waals surface area contributed by atoms with Crippen LogP contribution in [0.2, 0.25) is 0 Å². The van der Waals surface area contributed by atoms with Gasteiger partial charge in [0, 0.05) is 5.92 Å². The van der Waals surface area contributed by atoms with E-state index in [2.05, 4.69) is 23.8 Å². The van der Waals surface area contributed by atoms with Crippen molar-refractivity contribution in [1.82, 2.24) is 9.97 Å². The Morgan fingerprint density at radius 3 is 2.65 bits per heavy atom. The van der Waals surface area contributed by atoms with Crippen molar-refractivity contribution >= 4 is 5.82 Å². The highest BCUT2D eigenvalue weighted by Crippen LogP contribution is 2.39.